The van der Waals surface area contributed by atoms with Crippen molar-refractivity contribution < 1.29 is 0 Å². The zero-order chi connectivity index (χ0) is 16.0. The molecule has 3 nitrogen and oxygen atoms in total. The van der Waals surface area contributed by atoms with E-state index in [-0.39, 0.29) is 5.54 Å². The topological polar surface area (TPSA) is 39.1 Å². The summed E-state index contributed by atoms with van der Waals surface area (Å²) in [5.41, 5.74) is 3.02. The summed E-state index contributed by atoms with van der Waals surface area (Å²) in [6.07, 6.45) is 1.13. The predicted molar refractivity (Wildman–Crippen MR) is 90.5 cm³/mol. The highest BCUT2D eigenvalue weighted by atomic mass is 15.1. The van der Waals surface area contributed by atoms with Gasteiger partial charge < -0.3 is 10.2 Å². The maximum Gasteiger partial charge on any atom is 0.101 e. The molecule has 0 aliphatic heterocycles. The molecule has 0 fully saturated rings. The fourth-order valence-electron chi connectivity index (χ4n) is 2.06. The van der Waals surface area contributed by atoms with Gasteiger partial charge in [0.1, 0.15) is 6.07 Å². The number of nitriles is 1. The van der Waals surface area contributed by atoms with Gasteiger partial charge in [-0.05, 0) is 50.8 Å². The van der Waals surface area contributed by atoms with Crippen LogP contribution in [0.4, 0.5) is 5.69 Å². The minimum absolute atomic E-state index is 0.0829. The summed E-state index contributed by atoms with van der Waals surface area (Å²) in [6.45, 7) is 12.6. The number of hydrogen-bond donors (Lipinski definition) is 1. The maximum absolute atomic E-state index is 9.40. The van der Waals surface area contributed by atoms with E-state index in [0.717, 1.165) is 36.3 Å². The third kappa shape index (κ3) is 6.18. The Morgan fingerprint density at radius 1 is 1.29 bits per heavy atom. The van der Waals surface area contributed by atoms with Gasteiger partial charge in [-0.1, -0.05) is 19.9 Å². The molecule has 0 atom stereocenters. The standard InChI is InChI=1S/C18H29N3/c1-14(2)9-10-21(6)17-8-7-15(11-16(17)12-19)13-20-18(3,4)5/h7-8,11,14,20H,9-10,13H2,1-6H3. The van der Waals surface area contributed by atoms with Crippen molar-refractivity contribution in [2.45, 2.75) is 53.1 Å². The molecule has 3 heteroatoms. The van der Waals surface area contributed by atoms with Crippen molar-refractivity contribution in [1.82, 2.24) is 5.32 Å². The van der Waals surface area contributed by atoms with Gasteiger partial charge in [-0.15, -0.1) is 0 Å². The summed E-state index contributed by atoms with van der Waals surface area (Å²) < 4.78 is 0. The van der Waals surface area contributed by atoms with E-state index >= 15 is 0 Å². The van der Waals surface area contributed by atoms with Crippen LogP contribution in [0.5, 0.6) is 0 Å². The van der Waals surface area contributed by atoms with Crippen molar-refractivity contribution in [3.8, 4) is 6.07 Å². The molecular weight excluding hydrogens is 258 g/mol. The van der Waals surface area contributed by atoms with Gasteiger partial charge in [-0.2, -0.15) is 5.26 Å². The highest BCUT2D eigenvalue weighted by Crippen LogP contribution is 2.21. The lowest BCUT2D eigenvalue weighted by Gasteiger charge is -2.23. The van der Waals surface area contributed by atoms with E-state index in [1.54, 1.807) is 0 Å². The molecule has 0 heterocycles. The molecule has 0 aliphatic rings. The number of rotatable bonds is 6. The van der Waals surface area contributed by atoms with Crippen molar-refractivity contribution >= 4 is 5.69 Å². The van der Waals surface area contributed by atoms with E-state index in [0.29, 0.717) is 5.92 Å². The molecule has 1 aromatic carbocycles. The number of nitrogens with zero attached hydrogens (tertiary/aromatic N) is 2. The largest absolute Gasteiger partial charge is 0.374 e. The normalized spacial score (nSPS) is 11.5. The van der Waals surface area contributed by atoms with Gasteiger partial charge in [-0.25, -0.2) is 0 Å². The summed E-state index contributed by atoms with van der Waals surface area (Å²) in [5.74, 6) is 0.674. The second-order valence-corrected chi connectivity index (χ2v) is 7.17. The highest BCUT2D eigenvalue weighted by Gasteiger charge is 2.11. The average molecular weight is 287 g/mol. The highest BCUT2D eigenvalue weighted by molar-refractivity contribution is 5.60. The summed E-state index contributed by atoms with van der Waals surface area (Å²) >= 11 is 0. The smallest absolute Gasteiger partial charge is 0.101 e. The molecule has 0 saturated carbocycles. The molecule has 0 unspecified atom stereocenters. The van der Waals surface area contributed by atoms with Gasteiger partial charge in [-0.3, -0.25) is 0 Å². The van der Waals surface area contributed by atoms with Gasteiger partial charge in [0.25, 0.3) is 0 Å². The second-order valence-electron chi connectivity index (χ2n) is 7.17. The quantitative estimate of drug-likeness (QED) is 0.861. The van der Waals surface area contributed by atoms with Gasteiger partial charge in [0.2, 0.25) is 0 Å². The van der Waals surface area contributed by atoms with Crippen LogP contribution < -0.4 is 10.2 Å². The first-order chi connectivity index (χ1) is 9.73. The Balaban J connectivity index is 2.82. The Morgan fingerprint density at radius 3 is 2.48 bits per heavy atom. The Bertz CT molecular complexity index is 492. The lowest BCUT2D eigenvalue weighted by atomic mass is 10.1. The molecule has 21 heavy (non-hydrogen) atoms. The fraction of sp³-hybridized carbons (Fsp3) is 0.611. The Labute approximate surface area is 130 Å². The molecular formula is C18H29N3. The van der Waals surface area contributed by atoms with Gasteiger partial charge in [0.15, 0.2) is 0 Å². The Morgan fingerprint density at radius 2 is 1.95 bits per heavy atom. The monoisotopic (exact) mass is 287 g/mol. The zero-order valence-electron chi connectivity index (χ0n) is 14.3. The molecule has 1 N–H and O–H groups in total. The van der Waals surface area contributed by atoms with Crippen molar-refractivity contribution in [2.24, 2.45) is 5.92 Å². The van der Waals surface area contributed by atoms with Crippen molar-refractivity contribution in [3.63, 3.8) is 0 Å². The predicted octanol–water partition coefficient (Wildman–Crippen LogP) is 3.93. The van der Waals surface area contributed by atoms with Crippen LogP contribution in [0.1, 0.15) is 52.2 Å². The molecule has 0 aromatic heterocycles. The Hall–Kier alpha value is -1.53. The van der Waals surface area contributed by atoms with Crippen LogP contribution >= 0.6 is 0 Å². The first-order valence-electron chi connectivity index (χ1n) is 7.72. The minimum atomic E-state index is 0.0829. The van der Waals surface area contributed by atoms with Crippen LogP contribution in [0.2, 0.25) is 0 Å². The first kappa shape index (κ1) is 17.5. The summed E-state index contributed by atoms with van der Waals surface area (Å²) in [4.78, 5) is 2.18. The molecule has 0 radical (unpaired) electrons. The first-order valence-corrected chi connectivity index (χ1v) is 7.72. The van der Waals surface area contributed by atoms with Crippen LogP contribution in [0.15, 0.2) is 18.2 Å². The van der Waals surface area contributed by atoms with Crippen LogP contribution in [-0.4, -0.2) is 19.1 Å². The lowest BCUT2D eigenvalue weighted by molar-refractivity contribution is 0.424. The van der Waals surface area contributed by atoms with E-state index in [1.165, 1.54) is 0 Å². The van der Waals surface area contributed by atoms with Crippen molar-refractivity contribution in [3.05, 3.63) is 29.3 Å². The SMILES string of the molecule is CC(C)CCN(C)c1ccc(CNC(C)(C)C)cc1C#N. The fourth-order valence-corrected chi connectivity index (χ4v) is 2.06. The van der Waals surface area contributed by atoms with E-state index in [4.69, 9.17) is 0 Å². The summed E-state index contributed by atoms with van der Waals surface area (Å²) in [5, 5.41) is 12.9. The molecule has 0 spiro atoms. The van der Waals surface area contributed by atoms with E-state index < -0.39 is 0 Å². The minimum Gasteiger partial charge on any atom is -0.374 e. The second kappa shape index (κ2) is 7.47. The number of benzene rings is 1. The molecule has 0 saturated heterocycles. The van der Waals surface area contributed by atoms with Crippen molar-refractivity contribution in [2.75, 3.05) is 18.5 Å². The van der Waals surface area contributed by atoms with E-state index in [1.807, 2.05) is 6.07 Å². The van der Waals surface area contributed by atoms with Crippen LogP contribution in [0, 0.1) is 17.2 Å². The van der Waals surface area contributed by atoms with Crippen LogP contribution in [0.3, 0.4) is 0 Å². The summed E-state index contributed by atoms with van der Waals surface area (Å²) in [6, 6.07) is 8.51. The van der Waals surface area contributed by atoms with Gasteiger partial charge in [0, 0.05) is 25.7 Å². The number of anilines is 1. The number of nitrogens with one attached hydrogen (secondary N) is 1. The average Bonchev–Trinajstić information content (AvgIpc) is 2.41. The lowest BCUT2D eigenvalue weighted by Crippen LogP contribution is -2.35. The van der Waals surface area contributed by atoms with Gasteiger partial charge >= 0.3 is 0 Å². The van der Waals surface area contributed by atoms with E-state index in [9.17, 15) is 5.26 Å². The van der Waals surface area contributed by atoms with Crippen LogP contribution in [0.25, 0.3) is 0 Å². The molecule has 0 bridgehead atoms. The number of hydrogen-bond acceptors (Lipinski definition) is 3. The third-order valence-corrected chi connectivity index (χ3v) is 3.46. The maximum atomic E-state index is 9.40. The molecule has 0 aliphatic carbocycles. The van der Waals surface area contributed by atoms with Crippen molar-refractivity contribution in [1.29, 1.82) is 5.26 Å². The van der Waals surface area contributed by atoms with Crippen LogP contribution in [-0.2, 0) is 6.54 Å². The van der Waals surface area contributed by atoms with E-state index in [2.05, 4.69) is 70.1 Å². The van der Waals surface area contributed by atoms with Gasteiger partial charge in [0.05, 0.1) is 11.3 Å². The zero-order valence-corrected chi connectivity index (χ0v) is 14.3. The molecule has 116 valence electrons. The molecule has 1 aromatic rings. The third-order valence-electron chi connectivity index (χ3n) is 3.46. The Kier molecular flexibility index (Phi) is 6.23. The molecule has 1 rings (SSSR count). The molecule has 0 amide bonds. The summed E-state index contributed by atoms with van der Waals surface area (Å²) in [7, 11) is 2.06.